The molecule has 0 bridgehead atoms. The van der Waals surface area contributed by atoms with Crippen molar-refractivity contribution < 1.29 is 13.2 Å². The van der Waals surface area contributed by atoms with Gasteiger partial charge < -0.3 is 11.1 Å². The molecule has 2 atom stereocenters. The van der Waals surface area contributed by atoms with Gasteiger partial charge in [-0.1, -0.05) is 25.0 Å². The summed E-state index contributed by atoms with van der Waals surface area (Å²) in [6.07, 6.45) is 3.64. The fourth-order valence-corrected chi connectivity index (χ4v) is 3.63. The van der Waals surface area contributed by atoms with Gasteiger partial charge in [-0.2, -0.15) is 0 Å². The summed E-state index contributed by atoms with van der Waals surface area (Å²) in [7, 11) is -3.59. The number of carbonyl (C=O) groups excluding carboxylic acids is 1. The van der Waals surface area contributed by atoms with Gasteiger partial charge in [0.25, 0.3) is 0 Å². The van der Waals surface area contributed by atoms with Crippen molar-refractivity contribution in [3.8, 4) is 0 Å². The predicted molar refractivity (Wildman–Crippen MR) is 93.7 cm³/mol. The second-order valence-corrected chi connectivity index (χ2v) is 7.92. The molecule has 1 fully saturated rings. The average molecular weight is 362 g/mol. The van der Waals surface area contributed by atoms with Gasteiger partial charge in [-0.25, -0.2) is 13.6 Å². The van der Waals surface area contributed by atoms with Gasteiger partial charge in [-0.3, -0.25) is 4.79 Å². The summed E-state index contributed by atoms with van der Waals surface area (Å²) in [6.45, 7) is 1.91. The van der Waals surface area contributed by atoms with Crippen LogP contribution in [0.25, 0.3) is 0 Å². The number of rotatable bonds is 4. The molecule has 0 spiro atoms. The van der Waals surface area contributed by atoms with Gasteiger partial charge in [0.15, 0.2) is 0 Å². The second-order valence-electron chi connectivity index (χ2n) is 6.30. The van der Waals surface area contributed by atoms with Crippen LogP contribution in [0.4, 0.5) is 5.69 Å². The first-order valence-corrected chi connectivity index (χ1v) is 9.08. The fourth-order valence-electron chi connectivity index (χ4n) is 2.99. The molecule has 1 amide bonds. The Kier molecular flexibility index (Phi) is 6.59. The molecule has 130 valence electrons. The summed E-state index contributed by atoms with van der Waals surface area (Å²) in [6, 6.07) is 6.70. The minimum atomic E-state index is -3.59. The van der Waals surface area contributed by atoms with Crippen molar-refractivity contribution in [1.82, 2.24) is 0 Å². The molecule has 8 heteroatoms. The Morgan fingerprint density at radius 3 is 2.70 bits per heavy atom. The summed E-state index contributed by atoms with van der Waals surface area (Å²) < 4.78 is 22.3. The number of hydrogen-bond acceptors (Lipinski definition) is 4. The molecule has 1 aliphatic rings. The van der Waals surface area contributed by atoms with Gasteiger partial charge in [0.05, 0.1) is 11.7 Å². The van der Waals surface area contributed by atoms with Crippen LogP contribution >= 0.6 is 12.4 Å². The van der Waals surface area contributed by atoms with Crippen molar-refractivity contribution in [3.63, 3.8) is 0 Å². The molecular formula is C15H24ClN3O3S. The lowest BCUT2D eigenvalue weighted by molar-refractivity contribution is -0.122. The van der Waals surface area contributed by atoms with Gasteiger partial charge in [0.1, 0.15) is 0 Å². The van der Waals surface area contributed by atoms with Gasteiger partial charge in [-0.05, 0) is 37.5 Å². The van der Waals surface area contributed by atoms with E-state index < -0.39 is 15.6 Å². The van der Waals surface area contributed by atoms with Crippen molar-refractivity contribution >= 4 is 34.0 Å². The molecule has 1 aliphatic carbocycles. The van der Waals surface area contributed by atoms with Gasteiger partial charge in [0, 0.05) is 11.2 Å². The van der Waals surface area contributed by atoms with E-state index in [0.29, 0.717) is 11.3 Å². The number of carbonyl (C=O) groups is 1. The number of nitrogens with one attached hydrogen (secondary N) is 1. The van der Waals surface area contributed by atoms with Crippen LogP contribution in [0, 0.1) is 5.92 Å². The van der Waals surface area contributed by atoms with E-state index in [0.717, 1.165) is 25.7 Å². The van der Waals surface area contributed by atoms with Crippen LogP contribution < -0.4 is 16.2 Å². The molecular weight excluding hydrogens is 338 g/mol. The summed E-state index contributed by atoms with van der Waals surface area (Å²) in [5.74, 6) is -0.602. The third kappa shape index (κ3) is 5.76. The van der Waals surface area contributed by atoms with E-state index in [2.05, 4.69) is 5.32 Å². The summed E-state index contributed by atoms with van der Waals surface area (Å²) in [5, 5.41) is 7.88. The van der Waals surface area contributed by atoms with E-state index in [1.165, 1.54) is 0 Å². The number of benzene rings is 1. The Morgan fingerprint density at radius 1 is 1.39 bits per heavy atom. The lowest BCUT2D eigenvalue weighted by Gasteiger charge is -2.37. The average Bonchev–Trinajstić information content (AvgIpc) is 2.36. The molecule has 6 nitrogen and oxygen atoms in total. The molecule has 1 saturated carbocycles. The summed E-state index contributed by atoms with van der Waals surface area (Å²) in [4.78, 5) is 12.4. The highest BCUT2D eigenvalue weighted by atomic mass is 35.5. The number of nitrogens with two attached hydrogens (primary N) is 2. The number of anilines is 1. The van der Waals surface area contributed by atoms with Crippen LogP contribution in [0.15, 0.2) is 24.3 Å². The topological polar surface area (TPSA) is 115 Å². The zero-order chi connectivity index (χ0) is 16.4. The minimum absolute atomic E-state index is 0. The maximum absolute atomic E-state index is 12.4. The number of hydrogen-bond donors (Lipinski definition) is 3. The number of amides is 1. The summed E-state index contributed by atoms with van der Waals surface area (Å²) >= 11 is 0. The van der Waals surface area contributed by atoms with Crippen molar-refractivity contribution in [2.24, 2.45) is 16.8 Å². The van der Waals surface area contributed by atoms with E-state index in [9.17, 15) is 13.2 Å². The molecule has 1 aromatic carbocycles. The quantitative estimate of drug-likeness (QED) is 0.757. The molecule has 2 unspecified atom stereocenters. The van der Waals surface area contributed by atoms with Crippen LogP contribution in [0.1, 0.15) is 38.2 Å². The van der Waals surface area contributed by atoms with Crippen LogP contribution in [0.2, 0.25) is 0 Å². The smallest absolute Gasteiger partial charge is 0.229 e. The Balaban J connectivity index is 0.00000264. The highest BCUT2D eigenvalue weighted by Gasteiger charge is 2.37. The van der Waals surface area contributed by atoms with Crippen molar-refractivity contribution in [2.45, 2.75) is 43.9 Å². The molecule has 23 heavy (non-hydrogen) atoms. The largest absolute Gasteiger partial charge is 0.326 e. The first-order valence-electron chi connectivity index (χ1n) is 7.36. The molecule has 0 heterocycles. The molecule has 1 aromatic rings. The lowest BCUT2D eigenvalue weighted by Crippen LogP contribution is -2.51. The lowest BCUT2D eigenvalue weighted by atomic mass is 9.74. The maximum atomic E-state index is 12.4. The SMILES string of the molecule is CC1(N)CCCCC1C(=O)Nc1cccc(CS(N)(=O)=O)c1.Cl. The molecule has 0 saturated heterocycles. The van der Waals surface area contributed by atoms with Crippen LogP contribution in [-0.2, 0) is 20.6 Å². The van der Waals surface area contributed by atoms with E-state index in [1.807, 2.05) is 6.92 Å². The van der Waals surface area contributed by atoms with E-state index in [1.54, 1.807) is 24.3 Å². The molecule has 5 N–H and O–H groups in total. The number of sulfonamides is 1. The molecule has 0 aromatic heterocycles. The third-order valence-electron chi connectivity index (χ3n) is 4.13. The first-order chi connectivity index (χ1) is 10.2. The first kappa shape index (κ1) is 19.9. The Morgan fingerprint density at radius 2 is 2.09 bits per heavy atom. The number of primary sulfonamides is 1. The Bertz CT molecular complexity index is 662. The zero-order valence-electron chi connectivity index (χ0n) is 13.1. The minimum Gasteiger partial charge on any atom is -0.326 e. The predicted octanol–water partition coefficient (Wildman–Crippen LogP) is 1.74. The van der Waals surface area contributed by atoms with Crippen molar-refractivity contribution in [2.75, 3.05) is 5.32 Å². The molecule has 0 aliphatic heterocycles. The second kappa shape index (κ2) is 7.61. The number of halogens is 1. The standard InChI is InChI=1S/C15H23N3O3S.ClH/c1-15(16)8-3-2-7-13(15)14(19)18-12-6-4-5-11(9-12)10-22(17,20)21;/h4-6,9,13H,2-3,7-8,10,16H2,1H3,(H,18,19)(H2,17,20,21);1H. The van der Waals surface area contributed by atoms with Gasteiger partial charge >= 0.3 is 0 Å². The molecule has 2 rings (SSSR count). The van der Waals surface area contributed by atoms with Crippen LogP contribution in [0.5, 0.6) is 0 Å². The van der Waals surface area contributed by atoms with E-state index in [4.69, 9.17) is 10.9 Å². The van der Waals surface area contributed by atoms with E-state index >= 15 is 0 Å². The highest BCUT2D eigenvalue weighted by molar-refractivity contribution is 7.88. The van der Waals surface area contributed by atoms with Gasteiger partial charge in [-0.15, -0.1) is 12.4 Å². The Labute approximate surface area is 143 Å². The summed E-state index contributed by atoms with van der Waals surface area (Å²) in [5.41, 5.74) is 6.84. The zero-order valence-corrected chi connectivity index (χ0v) is 14.8. The third-order valence-corrected chi connectivity index (χ3v) is 4.87. The monoisotopic (exact) mass is 361 g/mol. The highest BCUT2D eigenvalue weighted by Crippen LogP contribution is 2.32. The van der Waals surface area contributed by atoms with Crippen molar-refractivity contribution in [3.05, 3.63) is 29.8 Å². The van der Waals surface area contributed by atoms with E-state index in [-0.39, 0.29) is 30.0 Å². The maximum Gasteiger partial charge on any atom is 0.229 e. The Hall–Kier alpha value is -1.15. The van der Waals surface area contributed by atoms with Gasteiger partial charge in [0.2, 0.25) is 15.9 Å². The van der Waals surface area contributed by atoms with Crippen molar-refractivity contribution in [1.29, 1.82) is 0 Å². The van der Waals surface area contributed by atoms with Crippen LogP contribution in [0.3, 0.4) is 0 Å². The normalized spacial score (nSPS) is 24.6. The fraction of sp³-hybridized carbons (Fsp3) is 0.533. The molecule has 0 radical (unpaired) electrons. The van der Waals surface area contributed by atoms with Crippen LogP contribution in [-0.4, -0.2) is 19.9 Å².